The molecule has 1 heterocycles. The van der Waals surface area contributed by atoms with Crippen LogP contribution in [0.15, 0.2) is 16.4 Å². The van der Waals surface area contributed by atoms with Crippen molar-refractivity contribution >= 4 is 39.7 Å². The third-order valence-corrected chi connectivity index (χ3v) is 2.84. The van der Waals surface area contributed by atoms with E-state index in [9.17, 15) is 0 Å². The van der Waals surface area contributed by atoms with Crippen LogP contribution in [0.3, 0.4) is 0 Å². The van der Waals surface area contributed by atoms with Gasteiger partial charge < -0.3 is 11.5 Å². The second-order valence-corrected chi connectivity index (χ2v) is 5.46. The lowest BCUT2D eigenvalue weighted by Gasteiger charge is -1.95. The fourth-order valence-electron chi connectivity index (χ4n) is 0.728. The van der Waals surface area contributed by atoms with Crippen molar-refractivity contribution in [3.63, 3.8) is 0 Å². The van der Waals surface area contributed by atoms with Gasteiger partial charge in [-0.2, -0.15) is 24.6 Å². The number of hydrogen-bond acceptors (Lipinski definition) is 6. The number of nitrogens with two attached hydrogens (primary N) is 2. The normalized spacial score (nSPS) is 10.3. The van der Waals surface area contributed by atoms with E-state index in [1.165, 1.54) is 11.5 Å². The second kappa shape index (κ2) is 9.10. The summed E-state index contributed by atoms with van der Waals surface area (Å²) in [7, 11) is -4.67. The molecule has 0 amide bonds. The minimum Gasteiger partial charge on any atom is -0.370 e. The summed E-state index contributed by atoms with van der Waals surface area (Å²) in [6, 6.07) is 2.03. The van der Waals surface area contributed by atoms with Gasteiger partial charge in [0.2, 0.25) is 0 Å². The highest BCUT2D eigenvalue weighted by Crippen LogP contribution is 2.10. The molecule has 8 nitrogen and oxygen atoms in total. The molecule has 6 N–H and O–H groups in total. The maximum absolute atomic E-state index is 8.74. The maximum atomic E-state index is 8.74. The number of aromatic nitrogens is 1. The van der Waals surface area contributed by atoms with E-state index in [1.54, 1.807) is 11.8 Å². The fraction of sp³-hybridized carbons (Fsp3) is 0.429. The SMILES string of the molecule is NC(N)=NCCSCc1ccsn1.O=S(=O)(O)O. The molecular weight excluding hydrogens is 300 g/mol. The highest BCUT2D eigenvalue weighted by molar-refractivity contribution is 7.98. The number of rotatable bonds is 5. The second-order valence-electron chi connectivity index (χ2n) is 2.80. The lowest BCUT2D eigenvalue weighted by atomic mass is 10.5. The monoisotopic (exact) mass is 314 g/mol. The molecule has 0 aliphatic carbocycles. The first-order valence-electron chi connectivity index (χ1n) is 4.51. The zero-order valence-corrected chi connectivity index (χ0v) is 11.7. The Kier molecular flexibility index (Phi) is 8.66. The molecule has 0 saturated carbocycles. The molecule has 0 aliphatic heterocycles. The lowest BCUT2D eigenvalue weighted by Crippen LogP contribution is -2.23. The topological polar surface area (TPSA) is 152 Å². The number of hydrogen-bond donors (Lipinski definition) is 4. The molecule has 0 aliphatic rings. The summed E-state index contributed by atoms with van der Waals surface area (Å²) in [5.41, 5.74) is 11.5. The van der Waals surface area contributed by atoms with E-state index < -0.39 is 10.4 Å². The average molecular weight is 314 g/mol. The first kappa shape index (κ1) is 17.1. The largest absolute Gasteiger partial charge is 0.394 e. The molecule has 1 rings (SSSR count). The number of aliphatic imine (C=N–C) groups is 1. The minimum atomic E-state index is -4.67. The van der Waals surface area contributed by atoms with Gasteiger partial charge in [-0.3, -0.25) is 14.1 Å². The molecule has 11 heteroatoms. The zero-order valence-electron chi connectivity index (χ0n) is 9.26. The molecule has 0 aromatic carbocycles. The van der Waals surface area contributed by atoms with Crippen LogP contribution < -0.4 is 11.5 Å². The van der Waals surface area contributed by atoms with Crippen molar-refractivity contribution in [3.05, 3.63) is 17.1 Å². The highest BCUT2D eigenvalue weighted by atomic mass is 32.3. The Morgan fingerprint density at radius 2 is 2.11 bits per heavy atom. The van der Waals surface area contributed by atoms with Crippen molar-refractivity contribution < 1.29 is 17.5 Å². The summed E-state index contributed by atoms with van der Waals surface area (Å²) in [6.45, 7) is 0.678. The molecule has 0 spiro atoms. The van der Waals surface area contributed by atoms with Gasteiger partial charge in [0.25, 0.3) is 0 Å². The van der Waals surface area contributed by atoms with Gasteiger partial charge in [-0.1, -0.05) is 0 Å². The Morgan fingerprint density at radius 1 is 1.50 bits per heavy atom. The Morgan fingerprint density at radius 3 is 2.56 bits per heavy atom. The smallest absolute Gasteiger partial charge is 0.370 e. The third-order valence-electron chi connectivity index (χ3n) is 1.27. The molecule has 104 valence electrons. The van der Waals surface area contributed by atoms with Gasteiger partial charge in [-0.15, -0.1) is 0 Å². The van der Waals surface area contributed by atoms with E-state index in [-0.39, 0.29) is 5.96 Å². The number of nitrogens with zero attached hydrogens (tertiary/aromatic N) is 2. The van der Waals surface area contributed by atoms with Crippen molar-refractivity contribution in [3.8, 4) is 0 Å². The van der Waals surface area contributed by atoms with Crippen molar-refractivity contribution in [2.45, 2.75) is 5.75 Å². The van der Waals surface area contributed by atoms with Crippen LogP contribution in [-0.4, -0.2) is 40.2 Å². The van der Waals surface area contributed by atoms with Gasteiger partial charge in [-0.25, -0.2) is 0 Å². The first-order valence-corrected chi connectivity index (χ1v) is 7.90. The van der Waals surface area contributed by atoms with E-state index in [1.807, 2.05) is 11.4 Å². The van der Waals surface area contributed by atoms with Crippen LogP contribution in [0, 0.1) is 0 Å². The van der Waals surface area contributed by atoms with Gasteiger partial charge >= 0.3 is 10.4 Å². The number of guanidine groups is 1. The summed E-state index contributed by atoms with van der Waals surface area (Å²) in [6.07, 6.45) is 0. The van der Waals surface area contributed by atoms with Crippen LogP contribution >= 0.6 is 23.3 Å². The van der Waals surface area contributed by atoms with E-state index in [2.05, 4.69) is 9.37 Å². The van der Waals surface area contributed by atoms with Gasteiger partial charge in [0.15, 0.2) is 5.96 Å². The van der Waals surface area contributed by atoms with E-state index >= 15 is 0 Å². The molecule has 0 bridgehead atoms. The molecule has 1 aromatic heterocycles. The van der Waals surface area contributed by atoms with Gasteiger partial charge in [0.05, 0.1) is 12.2 Å². The van der Waals surface area contributed by atoms with Crippen LogP contribution in [0.25, 0.3) is 0 Å². The summed E-state index contributed by atoms with van der Waals surface area (Å²) in [5, 5.41) is 1.98. The van der Waals surface area contributed by atoms with Gasteiger partial charge in [-0.05, 0) is 17.6 Å². The molecule has 0 unspecified atom stereocenters. The molecule has 0 radical (unpaired) electrons. The quantitative estimate of drug-likeness (QED) is 0.256. The minimum absolute atomic E-state index is 0.161. The number of thioether (sulfide) groups is 1. The summed E-state index contributed by atoms with van der Waals surface area (Å²) in [4.78, 5) is 3.88. The van der Waals surface area contributed by atoms with Crippen molar-refractivity contribution in [1.82, 2.24) is 4.37 Å². The molecule has 0 atom stereocenters. The highest BCUT2D eigenvalue weighted by Gasteiger charge is 1.94. The van der Waals surface area contributed by atoms with Crippen LogP contribution in [0.2, 0.25) is 0 Å². The maximum Gasteiger partial charge on any atom is 0.394 e. The Labute approximate surface area is 113 Å². The standard InChI is InChI=1S/C7H12N4S2.H2O4S/c8-7(9)10-2-4-12-5-6-1-3-13-11-6;1-5(2,3)4/h1,3H,2,4-5H2,(H4,8,9,10);(H2,1,2,3,4). The van der Waals surface area contributed by atoms with Crippen LogP contribution in [0.4, 0.5) is 0 Å². The lowest BCUT2D eigenvalue weighted by molar-refractivity contribution is 0.381. The summed E-state index contributed by atoms with van der Waals surface area (Å²) >= 11 is 3.26. The molecule has 18 heavy (non-hydrogen) atoms. The van der Waals surface area contributed by atoms with E-state index in [0.717, 1.165) is 17.2 Å². The first-order chi connectivity index (χ1) is 8.29. The van der Waals surface area contributed by atoms with Crippen molar-refractivity contribution in [2.24, 2.45) is 16.5 Å². The predicted molar refractivity (Wildman–Crippen MR) is 73.1 cm³/mol. The van der Waals surface area contributed by atoms with Crippen LogP contribution in [0.1, 0.15) is 5.69 Å². The fourth-order valence-corrected chi connectivity index (χ4v) is 2.08. The molecule has 0 fully saturated rings. The molecule has 1 aromatic rings. The van der Waals surface area contributed by atoms with Crippen molar-refractivity contribution in [2.75, 3.05) is 12.3 Å². The summed E-state index contributed by atoms with van der Waals surface area (Å²) in [5.74, 6) is 2.02. The van der Waals surface area contributed by atoms with Crippen molar-refractivity contribution in [1.29, 1.82) is 0 Å². The van der Waals surface area contributed by atoms with Gasteiger partial charge in [0, 0.05) is 16.9 Å². The average Bonchev–Trinajstić information content (AvgIpc) is 2.66. The Balaban J connectivity index is 0.000000494. The van der Waals surface area contributed by atoms with Crippen LogP contribution in [-0.2, 0) is 16.2 Å². The van der Waals surface area contributed by atoms with E-state index in [0.29, 0.717) is 6.54 Å². The molecule has 0 saturated heterocycles. The van der Waals surface area contributed by atoms with E-state index in [4.69, 9.17) is 29.0 Å². The predicted octanol–water partition coefficient (Wildman–Crippen LogP) is -0.00310. The zero-order chi connectivity index (χ0) is 14.0. The molecular formula is C7H14N4O4S3. The Bertz CT molecular complexity index is 433. The third kappa shape index (κ3) is 15.1. The Hall–Kier alpha value is -0.880. The van der Waals surface area contributed by atoms with Crippen LogP contribution in [0.5, 0.6) is 0 Å². The summed E-state index contributed by atoms with van der Waals surface area (Å²) < 4.78 is 35.8. The van der Waals surface area contributed by atoms with Gasteiger partial charge in [0.1, 0.15) is 0 Å².